The molecule has 1 aliphatic heterocycles. The van der Waals surface area contributed by atoms with Crippen molar-refractivity contribution < 1.29 is 9.53 Å². The quantitative estimate of drug-likeness (QED) is 0.683. The van der Waals surface area contributed by atoms with Crippen LogP contribution in [-0.4, -0.2) is 37.1 Å². The third kappa shape index (κ3) is 5.38. The van der Waals surface area contributed by atoms with Crippen LogP contribution in [0.25, 0.3) is 0 Å². The highest BCUT2D eigenvalue weighted by Crippen LogP contribution is 2.20. The molecule has 0 N–H and O–H groups in total. The summed E-state index contributed by atoms with van der Waals surface area (Å²) >= 11 is 0. The fourth-order valence-electron chi connectivity index (χ4n) is 2.99. The average molecular weight is 255 g/mol. The predicted octanol–water partition coefficient (Wildman–Crippen LogP) is 2.94. The third-order valence-electron chi connectivity index (χ3n) is 3.57. The Labute approximate surface area is 112 Å². The maximum absolute atomic E-state index is 11.8. The second-order valence-electron chi connectivity index (χ2n) is 6.09. The van der Waals surface area contributed by atoms with Gasteiger partial charge in [-0.1, -0.05) is 20.8 Å². The lowest BCUT2D eigenvalue weighted by Crippen LogP contribution is -2.41. The summed E-state index contributed by atoms with van der Waals surface area (Å²) in [5, 5.41) is 0. The zero-order valence-electron chi connectivity index (χ0n) is 12.4. The van der Waals surface area contributed by atoms with Crippen molar-refractivity contribution in [1.82, 2.24) is 4.90 Å². The Bertz CT molecular complexity index is 253. The van der Waals surface area contributed by atoms with E-state index in [9.17, 15) is 4.79 Å². The number of piperidine rings is 1. The Morgan fingerprint density at radius 2 is 2.11 bits per heavy atom. The molecule has 0 unspecified atom stereocenters. The van der Waals surface area contributed by atoms with E-state index in [4.69, 9.17) is 4.74 Å². The molecule has 0 aromatic carbocycles. The Morgan fingerprint density at radius 1 is 1.39 bits per heavy atom. The minimum absolute atomic E-state index is 0.00119. The van der Waals surface area contributed by atoms with Gasteiger partial charge in [-0.25, -0.2) is 0 Å². The third-order valence-corrected chi connectivity index (χ3v) is 3.57. The van der Waals surface area contributed by atoms with Gasteiger partial charge in [-0.15, -0.1) is 0 Å². The van der Waals surface area contributed by atoms with Crippen LogP contribution in [0, 0.1) is 17.8 Å². The monoisotopic (exact) mass is 255 g/mol. The second kappa shape index (κ2) is 7.78. The maximum atomic E-state index is 11.8. The number of ether oxygens (including phenoxy) is 1. The summed E-state index contributed by atoms with van der Waals surface area (Å²) in [6.45, 7) is 12.4. The number of esters is 1. The largest absolute Gasteiger partial charge is 0.466 e. The SMILES string of the molecule is CCOC(=O)[C@@H]1CCCN(C[C@H](C)CC(C)C)C1. The summed E-state index contributed by atoms with van der Waals surface area (Å²) < 4.78 is 5.13. The number of nitrogens with zero attached hydrogens (tertiary/aromatic N) is 1. The average Bonchev–Trinajstić information content (AvgIpc) is 2.28. The minimum atomic E-state index is -0.00119. The molecule has 1 heterocycles. The van der Waals surface area contributed by atoms with E-state index >= 15 is 0 Å². The minimum Gasteiger partial charge on any atom is -0.466 e. The van der Waals surface area contributed by atoms with Gasteiger partial charge in [0.25, 0.3) is 0 Å². The van der Waals surface area contributed by atoms with Crippen LogP contribution < -0.4 is 0 Å². The summed E-state index contributed by atoms with van der Waals surface area (Å²) in [6.07, 6.45) is 3.38. The summed E-state index contributed by atoms with van der Waals surface area (Å²) in [4.78, 5) is 14.2. The van der Waals surface area contributed by atoms with Crippen molar-refractivity contribution >= 4 is 5.97 Å². The molecule has 0 saturated carbocycles. The molecule has 3 nitrogen and oxygen atoms in total. The molecule has 1 saturated heterocycles. The smallest absolute Gasteiger partial charge is 0.310 e. The molecule has 0 bridgehead atoms. The highest BCUT2D eigenvalue weighted by atomic mass is 16.5. The first-order chi connectivity index (χ1) is 8.52. The molecule has 0 radical (unpaired) electrons. The zero-order valence-corrected chi connectivity index (χ0v) is 12.4. The molecule has 0 aromatic heterocycles. The van der Waals surface area contributed by atoms with E-state index in [0.717, 1.165) is 38.4 Å². The summed E-state index contributed by atoms with van der Waals surface area (Å²) in [5.41, 5.74) is 0. The van der Waals surface area contributed by atoms with Crippen LogP contribution in [-0.2, 0) is 9.53 Å². The maximum Gasteiger partial charge on any atom is 0.310 e. The molecule has 1 rings (SSSR count). The van der Waals surface area contributed by atoms with Gasteiger partial charge >= 0.3 is 5.97 Å². The molecule has 0 aromatic rings. The molecule has 2 atom stereocenters. The number of carbonyl (C=O) groups is 1. The number of hydrogen-bond acceptors (Lipinski definition) is 3. The number of likely N-dealkylation sites (tertiary alicyclic amines) is 1. The summed E-state index contributed by atoms with van der Waals surface area (Å²) in [5.74, 6) is 1.57. The molecule has 106 valence electrons. The molecule has 1 aliphatic rings. The molecule has 3 heteroatoms. The van der Waals surface area contributed by atoms with Crippen LogP contribution in [0.3, 0.4) is 0 Å². The molecular weight excluding hydrogens is 226 g/mol. The fraction of sp³-hybridized carbons (Fsp3) is 0.933. The van der Waals surface area contributed by atoms with Crippen molar-refractivity contribution in [3.63, 3.8) is 0 Å². The zero-order chi connectivity index (χ0) is 13.5. The first-order valence-electron chi connectivity index (χ1n) is 7.41. The van der Waals surface area contributed by atoms with Crippen LogP contribution in [0.2, 0.25) is 0 Å². The molecular formula is C15H29NO2. The molecule has 0 spiro atoms. The second-order valence-corrected chi connectivity index (χ2v) is 6.09. The van der Waals surface area contributed by atoms with Gasteiger partial charge in [0.2, 0.25) is 0 Å². The van der Waals surface area contributed by atoms with Crippen LogP contribution in [0.4, 0.5) is 0 Å². The Hall–Kier alpha value is -0.570. The van der Waals surface area contributed by atoms with Crippen LogP contribution in [0.5, 0.6) is 0 Å². The van der Waals surface area contributed by atoms with Crippen molar-refractivity contribution in [1.29, 1.82) is 0 Å². The van der Waals surface area contributed by atoms with E-state index in [1.807, 2.05) is 6.92 Å². The van der Waals surface area contributed by atoms with Crippen LogP contribution in [0.1, 0.15) is 47.0 Å². The lowest BCUT2D eigenvalue weighted by atomic mass is 9.94. The van der Waals surface area contributed by atoms with Gasteiger partial charge in [-0.3, -0.25) is 4.79 Å². The summed E-state index contributed by atoms with van der Waals surface area (Å²) in [7, 11) is 0. The lowest BCUT2D eigenvalue weighted by molar-refractivity contribution is -0.150. The van der Waals surface area contributed by atoms with E-state index in [-0.39, 0.29) is 11.9 Å². The van der Waals surface area contributed by atoms with Crippen molar-refractivity contribution in [2.24, 2.45) is 17.8 Å². The van der Waals surface area contributed by atoms with Crippen LogP contribution >= 0.6 is 0 Å². The predicted molar refractivity (Wildman–Crippen MR) is 74.4 cm³/mol. The van der Waals surface area contributed by atoms with E-state index in [1.54, 1.807) is 0 Å². The molecule has 0 amide bonds. The Kier molecular flexibility index (Phi) is 6.69. The fourth-order valence-corrected chi connectivity index (χ4v) is 2.99. The van der Waals surface area contributed by atoms with E-state index in [0.29, 0.717) is 12.5 Å². The summed E-state index contributed by atoms with van der Waals surface area (Å²) in [6, 6.07) is 0. The van der Waals surface area contributed by atoms with Gasteiger partial charge in [0.1, 0.15) is 0 Å². The van der Waals surface area contributed by atoms with Crippen LogP contribution in [0.15, 0.2) is 0 Å². The highest BCUT2D eigenvalue weighted by Gasteiger charge is 2.27. The normalized spacial score (nSPS) is 23.1. The number of hydrogen-bond donors (Lipinski definition) is 0. The Balaban J connectivity index is 2.36. The van der Waals surface area contributed by atoms with Gasteiger partial charge in [0, 0.05) is 13.1 Å². The van der Waals surface area contributed by atoms with Gasteiger partial charge in [0.05, 0.1) is 12.5 Å². The highest BCUT2D eigenvalue weighted by molar-refractivity contribution is 5.72. The van der Waals surface area contributed by atoms with Crippen molar-refractivity contribution in [2.75, 3.05) is 26.2 Å². The van der Waals surface area contributed by atoms with E-state index < -0.39 is 0 Å². The molecule has 0 aliphatic carbocycles. The van der Waals surface area contributed by atoms with Gasteiger partial charge < -0.3 is 9.64 Å². The standard InChI is InChI=1S/C15H29NO2/c1-5-18-15(17)14-7-6-8-16(11-14)10-13(4)9-12(2)3/h12-14H,5-11H2,1-4H3/t13-,14-/m1/s1. The first-order valence-corrected chi connectivity index (χ1v) is 7.41. The molecule has 18 heavy (non-hydrogen) atoms. The van der Waals surface area contributed by atoms with Crippen molar-refractivity contribution in [3.05, 3.63) is 0 Å². The van der Waals surface area contributed by atoms with Crippen molar-refractivity contribution in [2.45, 2.75) is 47.0 Å². The Morgan fingerprint density at radius 3 is 2.72 bits per heavy atom. The molecule has 1 fully saturated rings. The van der Waals surface area contributed by atoms with Crippen molar-refractivity contribution in [3.8, 4) is 0 Å². The first kappa shape index (κ1) is 15.5. The lowest BCUT2D eigenvalue weighted by Gasteiger charge is -2.33. The number of rotatable bonds is 6. The van der Waals surface area contributed by atoms with Gasteiger partial charge in [0.15, 0.2) is 0 Å². The topological polar surface area (TPSA) is 29.5 Å². The van der Waals surface area contributed by atoms with E-state index in [2.05, 4.69) is 25.7 Å². The van der Waals surface area contributed by atoms with E-state index in [1.165, 1.54) is 6.42 Å². The van der Waals surface area contributed by atoms with Gasteiger partial charge in [-0.2, -0.15) is 0 Å². The number of carbonyl (C=O) groups excluding carboxylic acids is 1. The van der Waals surface area contributed by atoms with Gasteiger partial charge in [-0.05, 0) is 44.6 Å².